The van der Waals surface area contributed by atoms with Gasteiger partial charge in [0.1, 0.15) is 11.8 Å². The Bertz CT molecular complexity index is 1080. The van der Waals surface area contributed by atoms with E-state index in [0.29, 0.717) is 35.8 Å². The monoisotopic (exact) mass is 483 g/mol. The average Bonchev–Trinajstić information content (AvgIpc) is 3.56. The SMILES string of the molecule is Cc1cc(C(=O)Nc2cccc3c2O[C@H](CN(C)CC2CC2)[C@@H](C)CN([C@H](C)CO)C3=O)n(C)n1. The maximum atomic E-state index is 13.6. The van der Waals surface area contributed by atoms with Crippen molar-refractivity contribution in [2.24, 2.45) is 18.9 Å². The maximum absolute atomic E-state index is 13.6. The van der Waals surface area contributed by atoms with Crippen molar-refractivity contribution in [3.8, 4) is 5.75 Å². The van der Waals surface area contributed by atoms with Crippen LogP contribution in [0.5, 0.6) is 5.75 Å². The van der Waals surface area contributed by atoms with E-state index in [0.717, 1.165) is 18.2 Å². The number of rotatable bonds is 8. The molecule has 2 aliphatic rings. The first-order chi connectivity index (χ1) is 16.7. The zero-order chi connectivity index (χ0) is 25.3. The van der Waals surface area contributed by atoms with Crippen molar-refractivity contribution < 1.29 is 19.4 Å². The number of para-hydroxylation sites is 1. The lowest BCUT2D eigenvalue weighted by molar-refractivity contribution is 0.0345. The van der Waals surface area contributed by atoms with Gasteiger partial charge in [0, 0.05) is 32.6 Å². The Hall–Kier alpha value is -2.91. The smallest absolute Gasteiger partial charge is 0.274 e. The molecule has 1 saturated carbocycles. The van der Waals surface area contributed by atoms with Gasteiger partial charge in [0.25, 0.3) is 11.8 Å². The molecule has 0 spiro atoms. The number of nitrogens with zero attached hydrogens (tertiary/aromatic N) is 4. The summed E-state index contributed by atoms with van der Waals surface area (Å²) in [6.45, 7) is 7.83. The van der Waals surface area contributed by atoms with E-state index < -0.39 is 0 Å². The number of likely N-dealkylation sites (N-methyl/N-ethyl adjacent to an activating group) is 1. The number of nitrogens with one attached hydrogen (secondary N) is 1. The standard InChI is InChI=1S/C26H37N5O4/c1-16-12-31(18(3)15-32)26(34)20-7-6-8-21(27-25(33)22-11-17(2)28-30(22)5)24(20)35-23(16)14-29(4)13-19-9-10-19/h6-8,11,16,18-19,23,32H,9-10,12-15H2,1-5H3,(H,27,33)/t16-,18+,23+/m0/s1. The summed E-state index contributed by atoms with van der Waals surface area (Å²) in [5.41, 5.74) is 1.99. The van der Waals surface area contributed by atoms with Crippen LogP contribution in [0.15, 0.2) is 24.3 Å². The number of aliphatic hydroxyl groups is 1. The summed E-state index contributed by atoms with van der Waals surface area (Å²) in [5, 5.41) is 17.0. The van der Waals surface area contributed by atoms with Crippen molar-refractivity contribution in [1.29, 1.82) is 0 Å². The Morgan fingerprint density at radius 3 is 2.71 bits per heavy atom. The molecular formula is C26H37N5O4. The number of aliphatic hydroxyl groups excluding tert-OH is 1. The number of hydrogen-bond acceptors (Lipinski definition) is 6. The minimum atomic E-state index is -0.337. The molecule has 2 amide bonds. The molecule has 1 aromatic carbocycles. The topological polar surface area (TPSA) is 99.9 Å². The van der Waals surface area contributed by atoms with E-state index >= 15 is 0 Å². The summed E-state index contributed by atoms with van der Waals surface area (Å²) in [4.78, 5) is 30.7. The first kappa shape index (κ1) is 25.2. The molecule has 1 aromatic heterocycles. The van der Waals surface area contributed by atoms with Crippen molar-refractivity contribution >= 4 is 17.5 Å². The molecule has 0 saturated heterocycles. The van der Waals surface area contributed by atoms with Crippen LogP contribution < -0.4 is 10.1 Å². The predicted octanol–water partition coefficient (Wildman–Crippen LogP) is 2.54. The summed E-state index contributed by atoms with van der Waals surface area (Å²) < 4.78 is 8.10. The summed E-state index contributed by atoms with van der Waals surface area (Å²) in [6, 6.07) is 6.60. The van der Waals surface area contributed by atoms with E-state index in [-0.39, 0.29) is 36.5 Å². The lowest BCUT2D eigenvalue weighted by Crippen LogP contribution is -2.50. The third-order valence-electron chi connectivity index (χ3n) is 6.93. The molecule has 0 bridgehead atoms. The highest BCUT2D eigenvalue weighted by atomic mass is 16.5. The van der Waals surface area contributed by atoms with Gasteiger partial charge in [-0.25, -0.2) is 0 Å². The average molecular weight is 484 g/mol. The third-order valence-corrected chi connectivity index (χ3v) is 6.93. The number of ether oxygens (including phenoxy) is 1. The molecule has 0 radical (unpaired) electrons. The van der Waals surface area contributed by atoms with Gasteiger partial charge in [-0.2, -0.15) is 5.10 Å². The molecule has 1 fully saturated rings. The zero-order valence-electron chi connectivity index (χ0n) is 21.3. The fourth-order valence-electron chi connectivity index (χ4n) is 4.69. The summed E-state index contributed by atoms with van der Waals surface area (Å²) in [5.74, 6) is 0.602. The van der Waals surface area contributed by atoms with Crippen LogP contribution in [-0.4, -0.2) is 81.9 Å². The van der Waals surface area contributed by atoms with Crippen LogP contribution in [0, 0.1) is 18.8 Å². The largest absolute Gasteiger partial charge is 0.486 e. The number of anilines is 1. The molecule has 3 atom stereocenters. The van der Waals surface area contributed by atoms with Gasteiger partial charge in [0.2, 0.25) is 0 Å². The molecule has 1 aliphatic heterocycles. The normalized spacial score (nSPS) is 21.2. The van der Waals surface area contributed by atoms with Gasteiger partial charge in [0.15, 0.2) is 5.75 Å². The van der Waals surface area contributed by atoms with E-state index in [1.165, 1.54) is 17.5 Å². The van der Waals surface area contributed by atoms with Gasteiger partial charge in [-0.15, -0.1) is 0 Å². The minimum absolute atomic E-state index is 0.0197. The lowest BCUT2D eigenvalue weighted by Gasteiger charge is -2.38. The van der Waals surface area contributed by atoms with Gasteiger partial charge < -0.3 is 25.0 Å². The number of aryl methyl sites for hydroxylation is 2. The summed E-state index contributed by atoms with van der Waals surface area (Å²) in [7, 11) is 3.82. The van der Waals surface area contributed by atoms with Crippen LogP contribution in [0.4, 0.5) is 5.69 Å². The predicted molar refractivity (Wildman–Crippen MR) is 134 cm³/mol. The first-order valence-corrected chi connectivity index (χ1v) is 12.4. The van der Waals surface area contributed by atoms with Crippen molar-refractivity contribution in [1.82, 2.24) is 19.6 Å². The zero-order valence-corrected chi connectivity index (χ0v) is 21.3. The Kier molecular flexibility index (Phi) is 7.47. The van der Waals surface area contributed by atoms with Crippen LogP contribution in [0.1, 0.15) is 53.2 Å². The van der Waals surface area contributed by atoms with E-state index in [1.807, 2.05) is 13.8 Å². The van der Waals surface area contributed by atoms with Gasteiger partial charge in [0.05, 0.1) is 29.6 Å². The van der Waals surface area contributed by atoms with E-state index in [4.69, 9.17) is 4.74 Å². The maximum Gasteiger partial charge on any atom is 0.274 e. The Morgan fingerprint density at radius 1 is 1.34 bits per heavy atom. The van der Waals surface area contributed by atoms with Crippen molar-refractivity contribution in [2.75, 3.05) is 38.6 Å². The lowest BCUT2D eigenvalue weighted by atomic mass is 9.99. The van der Waals surface area contributed by atoms with Gasteiger partial charge in [-0.05, 0) is 57.9 Å². The third kappa shape index (κ3) is 5.67. The molecular weight excluding hydrogens is 446 g/mol. The number of hydrogen-bond donors (Lipinski definition) is 2. The molecule has 2 N–H and O–H groups in total. The Balaban J connectivity index is 1.69. The summed E-state index contributed by atoms with van der Waals surface area (Å²) >= 11 is 0. The second-order valence-electron chi connectivity index (χ2n) is 10.2. The van der Waals surface area contributed by atoms with E-state index in [2.05, 4.69) is 29.3 Å². The van der Waals surface area contributed by atoms with Gasteiger partial charge >= 0.3 is 0 Å². The van der Waals surface area contributed by atoms with Crippen LogP contribution >= 0.6 is 0 Å². The molecule has 190 valence electrons. The van der Waals surface area contributed by atoms with Crippen LogP contribution in [0.2, 0.25) is 0 Å². The van der Waals surface area contributed by atoms with Crippen LogP contribution in [0.3, 0.4) is 0 Å². The fraction of sp³-hybridized carbons (Fsp3) is 0.577. The number of carbonyl (C=O) groups is 2. The molecule has 2 aromatic rings. The number of aromatic nitrogens is 2. The first-order valence-electron chi connectivity index (χ1n) is 12.4. The van der Waals surface area contributed by atoms with Crippen LogP contribution in [-0.2, 0) is 7.05 Å². The summed E-state index contributed by atoms with van der Waals surface area (Å²) in [6.07, 6.45) is 2.35. The molecule has 35 heavy (non-hydrogen) atoms. The Morgan fingerprint density at radius 2 is 2.09 bits per heavy atom. The quantitative estimate of drug-likeness (QED) is 0.599. The molecule has 4 rings (SSSR count). The molecule has 9 nitrogen and oxygen atoms in total. The second kappa shape index (κ2) is 10.4. The van der Waals surface area contributed by atoms with E-state index in [1.54, 1.807) is 36.2 Å². The number of fused-ring (bicyclic) bond motifs is 1. The molecule has 0 unspecified atom stereocenters. The molecule has 1 aliphatic carbocycles. The fourth-order valence-corrected chi connectivity index (χ4v) is 4.69. The van der Waals surface area contributed by atoms with Crippen molar-refractivity contribution in [2.45, 2.75) is 45.8 Å². The number of amides is 2. The minimum Gasteiger partial charge on any atom is -0.486 e. The van der Waals surface area contributed by atoms with Crippen molar-refractivity contribution in [3.05, 3.63) is 41.2 Å². The Labute approximate surface area is 207 Å². The van der Waals surface area contributed by atoms with E-state index in [9.17, 15) is 14.7 Å². The highest BCUT2D eigenvalue weighted by Crippen LogP contribution is 2.36. The number of benzene rings is 1. The number of carbonyl (C=O) groups excluding carboxylic acids is 2. The molecule has 9 heteroatoms. The highest BCUT2D eigenvalue weighted by Gasteiger charge is 2.35. The van der Waals surface area contributed by atoms with Crippen molar-refractivity contribution in [3.63, 3.8) is 0 Å². The van der Waals surface area contributed by atoms with Gasteiger partial charge in [-0.3, -0.25) is 14.3 Å². The molecule has 2 heterocycles. The van der Waals surface area contributed by atoms with Gasteiger partial charge in [-0.1, -0.05) is 13.0 Å². The highest BCUT2D eigenvalue weighted by molar-refractivity contribution is 6.06. The second-order valence-corrected chi connectivity index (χ2v) is 10.2. The van der Waals surface area contributed by atoms with Crippen LogP contribution in [0.25, 0.3) is 0 Å².